The minimum Gasteiger partial charge on any atom is -0.480 e. The molecule has 0 aromatic heterocycles. The van der Waals surface area contributed by atoms with E-state index in [-0.39, 0.29) is 11.8 Å². The first-order valence-electron chi connectivity index (χ1n) is 6.73. The minimum atomic E-state index is -1.05. The molecule has 1 aliphatic rings. The van der Waals surface area contributed by atoms with E-state index in [4.69, 9.17) is 11.6 Å². The highest BCUT2D eigenvalue weighted by Gasteiger charge is 2.46. The smallest absolute Gasteiger partial charge is 0.329 e. The fraction of sp³-hybridized carbons (Fsp3) is 0.467. The van der Waals surface area contributed by atoms with Gasteiger partial charge in [0.05, 0.1) is 0 Å². The zero-order valence-corrected chi connectivity index (χ0v) is 12.1. The lowest BCUT2D eigenvalue weighted by Gasteiger charge is -2.38. The van der Waals surface area contributed by atoms with Crippen molar-refractivity contribution in [1.82, 2.24) is 5.32 Å². The standard InChI is InChI=1S/C15H18ClNO3/c1-10(9-11-5-2-3-6-12(11)16)13(18)17-15(14(19)20)7-4-8-15/h2-3,5-6,10H,4,7-9H2,1H3,(H,17,18)(H,19,20). The predicted molar refractivity (Wildman–Crippen MR) is 76.7 cm³/mol. The third kappa shape index (κ3) is 2.96. The molecule has 0 saturated heterocycles. The molecule has 0 spiro atoms. The van der Waals surface area contributed by atoms with Crippen molar-refractivity contribution in [2.45, 2.75) is 38.1 Å². The average Bonchev–Trinajstić information content (AvgIpc) is 2.35. The lowest BCUT2D eigenvalue weighted by atomic mass is 9.76. The molecule has 2 N–H and O–H groups in total. The molecule has 1 saturated carbocycles. The lowest BCUT2D eigenvalue weighted by Crippen LogP contribution is -2.60. The van der Waals surface area contributed by atoms with E-state index in [0.29, 0.717) is 24.3 Å². The van der Waals surface area contributed by atoms with E-state index in [0.717, 1.165) is 12.0 Å². The second-order valence-corrected chi connectivity index (χ2v) is 5.83. The van der Waals surface area contributed by atoms with Crippen molar-refractivity contribution < 1.29 is 14.7 Å². The van der Waals surface area contributed by atoms with E-state index in [9.17, 15) is 14.7 Å². The largest absolute Gasteiger partial charge is 0.480 e. The molecule has 1 fully saturated rings. The number of carbonyl (C=O) groups excluding carboxylic acids is 1. The number of carboxylic acid groups (broad SMARTS) is 1. The molecule has 0 bridgehead atoms. The van der Waals surface area contributed by atoms with Crippen molar-refractivity contribution in [3.8, 4) is 0 Å². The summed E-state index contributed by atoms with van der Waals surface area (Å²) in [7, 11) is 0. The first-order chi connectivity index (χ1) is 9.44. The van der Waals surface area contributed by atoms with Gasteiger partial charge in [-0.05, 0) is 37.3 Å². The number of nitrogens with one attached hydrogen (secondary N) is 1. The maximum absolute atomic E-state index is 12.2. The molecule has 1 amide bonds. The predicted octanol–water partition coefficient (Wildman–Crippen LogP) is 2.64. The van der Waals surface area contributed by atoms with E-state index >= 15 is 0 Å². The summed E-state index contributed by atoms with van der Waals surface area (Å²) in [6.07, 6.45) is 2.35. The van der Waals surface area contributed by atoms with Crippen molar-refractivity contribution in [2.24, 2.45) is 5.92 Å². The SMILES string of the molecule is CC(Cc1ccccc1Cl)C(=O)NC1(C(=O)O)CCC1. The Kier molecular flexibility index (Phi) is 4.33. The van der Waals surface area contributed by atoms with Gasteiger partial charge in [-0.15, -0.1) is 0 Å². The van der Waals surface area contributed by atoms with E-state index in [1.807, 2.05) is 18.2 Å². The molecular weight excluding hydrogens is 278 g/mol. The maximum Gasteiger partial charge on any atom is 0.329 e. The normalized spacial score (nSPS) is 17.9. The maximum atomic E-state index is 12.2. The Morgan fingerprint density at radius 2 is 2.05 bits per heavy atom. The van der Waals surface area contributed by atoms with Crippen LogP contribution in [0.25, 0.3) is 0 Å². The van der Waals surface area contributed by atoms with Crippen molar-refractivity contribution in [1.29, 1.82) is 0 Å². The highest BCUT2D eigenvalue weighted by atomic mass is 35.5. The molecule has 2 rings (SSSR count). The van der Waals surface area contributed by atoms with Crippen LogP contribution in [0.4, 0.5) is 0 Å². The molecule has 0 radical (unpaired) electrons. The Morgan fingerprint density at radius 3 is 2.55 bits per heavy atom. The van der Waals surface area contributed by atoms with E-state index < -0.39 is 11.5 Å². The molecule has 0 aliphatic heterocycles. The van der Waals surface area contributed by atoms with Crippen LogP contribution in [0.15, 0.2) is 24.3 Å². The van der Waals surface area contributed by atoms with Crippen LogP contribution >= 0.6 is 11.6 Å². The zero-order chi connectivity index (χ0) is 14.8. The molecular formula is C15H18ClNO3. The summed E-state index contributed by atoms with van der Waals surface area (Å²) in [6, 6.07) is 7.37. The van der Waals surface area contributed by atoms with Gasteiger partial charge in [0.25, 0.3) is 0 Å². The lowest BCUT2D eigenvalue weighted by molar-refractivity contribution is -0.152. The van der Waals surface area contributed by atoms with Gasteiger partial charge in [-0.1, -0.05) is 36.7 Å². The van der Waals surface area contributed by atoms with Gasteiger partial charge in [-0.3, -0.25) is 4.79 Å². The van der Waals surface area contributed by atoms with E-state index in [1.54, 1.807) is 13.0 Å². The molecule has 1 aromatic carbocycles. The number of aliphatic carboxylic acids is 1. The van der Waals surface area contributed by atoms with Crippen LogP contribution in [-0.4, -0.2) is 22.5 Å². The van der Waals surface area contributed by atoms with Gasteiger partial charge in [-0.2, -0.15) is 0 Å². The quantitative estimate of drug-likeness (QED) is 0.877. The molecule has 1 atom stereocenters. The van der Waals surface area contributed by atoms with Crippen molar-refractivity contribution in [3.05, 3.63) is 34.9 Å². The van der Waals surface area contributed by atoms with Gasteiger partial charge < -0.3 is 10.4 Å². The zero-order valence-electron chi connectivity index (χ0n) is 11.4. The topological polar surface area (TPSA) is 66.4 Å². The van der Waals surface area contributed by atoms with Gasteiger partial charge in [0.15, 0.2) is 0 Å². The van der Waals surface area contributed by atoms with E-state index in [1.165, 1.54) is 0 Å². The number of carboxylic acids is 1. The van der Waals surface area contributed by atoms with Gasteiger partial charge in [0.1, 0.15) is 5.54 Å². The van der Waals surface area contributed by atoms with Gasteiger partial charge in [0, 0.05) is 10.9 Å². The number of hydrogen-bond acceptors (Lipinski definition) is 2. The average molecular weight is 296 g/mol. The Bertz CT molecular complexity index is 526. The first kappa shape index (κ1) is 14.9. The van der Waals surface area contributed by atoms with Crippen molar-refractivity contribution >= 4 is 23.5 Å². The molecule has 20 heavy (non-hydrogen) atoms. The number of benzene rings is 1. The number of carbonyl (C=O) groups is 2. The monoisotopic (exact) mass is 295 g/mol. The summed E-state index contributed by atoms with van der Waals surface area (Å²) >= 11 is 6.07. The van der Waals surface area contributed by atoms with Crippen LogP contribution in [0.1, 0.15) is 31.7 Å². The van der Waals surface area contributed by atoms with Crippen LogP contribution in [0.5, 0.6) is 0 Å². The molecule has 1 unspecified atom stereocenters. The van der Waals surface area contributed by atoms with Gasteiger partial charge in [0.2, 0.25) is 5.91 Å². The highest BCUT2D eigenvalue weighted by Crippen LogP contribution is 2.32. The second kappa shape index (κ2) is 5.83. The minimum absolute atomic E-state index is 0.230. The Balaban J connectivity index is 1.99. The summed E-state index contributed by atoms with van der Waals surface area (Å²) < 4.78 is 0. The van der Waals surface area contributed by atoms with Crippen LogP contribution in [0.3, 0.4) is 0 Å². The molecule has 4 nitrogen and oxygen atoms in total. The Hall–Kier alpha value is -1.55. The number of amides is 1. The molecule has 5 heteroatoms. The fourth-order valence-corrected chi connectivity index (χ4v) is 2.58. The van der Waals surface area contributed by atoms with Crippen molar-refractivity contribution in [2.75, 3.05) is 0 Å². The van der Waals surface area contributed by atoms with Crippen LogP contribution in [0, 0.1) is 5.92 Å². The second-order valence-electron chi connectivity index (χ2n) is 5.43. The fourth-order valence-electron chi connectivity index (χ4n) is 2.37. The highest BCUT2D eigenvalue weighted by molar-refractivity contribution is 6.31. The number of halogens is 1. The van der Waals surface area contributed by atoms with E-state index in [2.05, 4.69) is 5.32 Å². The van der Waals surface area contributed by atoms with Crippen molar-refractivity contribution in [3.63, 3.8) is 0 Å². The number of hydrogen-bond donors (Lipinski definition) is 2. The summed E-state index contributed by atoms with van der Waals surface area (Å²) in [6.45, 7) is 1.78. The Morgan fingerprint density at radius 1 is 1.40 bits per heavy atom. The summed E-state index contributed by atoms with van der Waals surface area (Å²) in [5.41, 5.74) is -0.152. The molecule has 1 aromatic rings. The van der Waals surface area contributed by atoms with Crippen LogP contribution in [-0.2, 0) is 16.0 Å². The summed E-state index contributed by atoms with van der Waals surface area (Å²) in [5.74, 6) is -1.49. The third-order valence-corrected chi connectivity index (χ3v) is 4.28. The summed E-state index contributed by atoms with van der Waals surface area (Å²) in [5, 5.41) is 12.5. The van der Waals surface area contributed by atoms with Crippen LogP contribution < -0.4 is 5.32 Å². The third-order valence-electron chi connectivity index (χ3n) is 3.91. The molecule has 1 aliphatic carbocycles. The Labute approximate surface area is 123 Å². The molecule has 108 valence electrons. The molecule has 0 heterocycles. The first-order valence-corrected chi connectivity index (χ1v) is 7.11. The van der Waals surface area contributed by atoms with Gasteiger partial charge >= 0.3 is 5.97 Å². The number of rotatable bonds is 5. The van der Waals surface area contributed by atoms with Gasteiger partial charge in [-0.25, -0.2) is 4.79 Å². The summed E-state index contributed by atoms with van der Waals surface area (Å²) in [4.78, 5) is 23.4. The van der Waals surface area contributed by atoms with Crippen LogP contribution in [0.2, 0.25) is 5.02 Å².